The molecule has 6 rings (SSSR count). The van der Waals surface area contributed by atoms with Gasteiger partial charge in [-0.25, -0.2) is 4.98 Å². The minimum Gasteiger partial charge on any atom is -0.481 e. The molecule has 31 nitrogen and oxygen atoms in total. The SMILES string of the molecule is CCCC[C@H](NC(=O)CNC(=O)[C@H](CCC(=O)O)NC(=O)C(C)(C)NC(=O)[C@@H](N)Cc1cnc[nH]1)C(=O)N[C@@](C)(Cc1ccccc1)C(=O)N[C@H](C(=O)N[C@@H](CO)C(=O)N[C@@H](CC(=O)O)C(=O)N[C@@H](Cc1ccc(-c2ccccc2CC)cc1)C(=O)N[C@@H](Cc1ccc(-c2ccccc2C)cc1)C(N)=O)[C@@H](C)O. The van der Waals surface area contributed by atoms with Crippen LogP contribution in [0.25, 0.3) is 22.3 Å². The number of aliphatic carboxylic acids is 2. The first kappa shape index (κ1) is 85.2. The van der Waals surface area contributed by atoms with Crippen molar-refractivity contribution in [2.75, 3.05) is 13.2 Å². The van der Waals surface area contributed by atoms with Gasteiger partial charge in [0.25, 0.3) is 0 Å². The Balaban J connectivity index is 1.16. The maximum atomic E-state index is 14.8. The van der Waals surface area contributed by atoms with Gasteiger partial charge < -0.3 is 90.0 Å². The molecule has 0 radical (unpaired) electrons. The molecule has 0 aliphatic carbocycles. The van der Waals surface area contributed by atoms with E-state index in [1.54, 1.807) is 61.5 Å². The number of aromatic nitrogens is 2. The summed E-state index contributed by atoms with van der Waals surface area (Å²) in [5, 5.41) is 65.8. The third-order valence-corrected chi connectivity index (χ3v) is 18.0. The molecule has 11 amide bonds. The Kier molecular flexibility index (Phi) is 32.1. The fourth-order valence-corrected chi connectivity index (χ4v) is 11.7. The van der Waals surface area contributed by atoms with Crippen LogP contribution in [0.15, 0.2) is 140 Å². The highest BCUT2D eigenvalue weighted by molar-refractivity contribution is 6.01. The van der Waals surface area contributed by atoms with Crippen molar-refractivity contribution in [3.8, 4) is 22.3 Å². The van der Waals surface area contributed by atoms with Crippen molar-refractivity contribution in [1.29, 1.82) is 0 Å². The first-order chi connectivity index (χ1) is 51.2. The number of nitrogens with two attached hydrogens (primary N) is 2. The van der Waals surface area contributed by atoms with Crippen LogP contribution in [0.5, 0.6) is 0 Å². The molecule has 5 aromatic carbocycles. The number of H-pyrrole nitrogens is 1. The zero-order chi connectivity index (χ0) is 79.4. The average Bonchev–Trinajstić information content (AvgIpc) is 1.04. The summed E-state index contributed by atoms with van der Waals surface area (Å²) < 4.78 is 0. The van der Waals surface area contributed by atoms with Crippen molar-refractivity contribution in [2.45, 2.75) is 185 Å². The standard InChI is InChI=1S/C77H98N14O17/c1-8-10-24-56(83-62(94)41-81-68(101)57(33-34-63(95)96)88-74(107)76(5,6)90-67(100)55(78)37-52-40-80-43-82-52)72(105)91-77(7,39-48-19-12-11-13-20-48)75(108)89-65(45(4)93)73(106)87-61(42-92)71(104)86-60(38-64(97)98)70(103)85-59(36-47-27-31-51(32-28-47)54-23-17-15-21-49(54)9-2)69(102)84-58(66(79)99)35-46-25-29-50(30-26-46)53-22-16-14-18-44(53)3/h11-23,25-32,40,43,45,55-61,65,92-93H,8-10,24,33-39,41-42,78H2,1-7H3,(H2,79,99)(H,80,82)(H,81,101)(H,83,94)(H,84,102)(H,85,103)(H,86,104)(H,87,106)(H,88,107)(H,89,108)(H,90,100)(H,91,105)(H,95,96)(H,97,98)/t45-,55+,56+,57+,58+,59+,60+,61+,65+,77+/m1/s1. The van der Waals surface area contributed by atoms with E-state index in [1.165, 1.54) is 33.3 Å². The van der Waals surface area contributed by atoms with Crippen molar-refractivity contribution in [3.05, 3.63) is 173 Å². The van der Waals surface area contributed by atoms with Crippen molar-refractivity contribution >= 4 is 76.9 Å². The molecule has 0 spiro atoms. The molecule has 19 N–H and O–H groups in total. The lowest BCUT2D eigenvalue weighted by Crippen LogP contribution is -2.66. The highest BCUT2D eigenvalue weighted by Gasteiger charge is 2.42. The van der Waals surface area contributed by atoms with E-state index in [9.17, 15) is 82.8 Å². The van der Waals surface area contributed by atoms with Crippen LogP contribution >= 0.6 is 0 Å². The number of nitrogens with one attached hydrogen (secondary N) is 11. The molecule has 108 heavy (non-hydrogen) atoms. The number of unbranched alkanes of at least 4 members (excludes halogenated alkanes) is 1. The van der Waals surface area contributed by atoms with E-state index in [4.69, 9.17) is 11.5 Å². The quantitative estimate of drug-likeness (QED) is 0.0253. The largest absolute Gasteiger partial charge is 0.481 e. The van der Waals surface area contributed by atoms with Gasteiger partial charge in [0.05, 0.1) is 38.0 Å². The number of imidazole rings is 1. The van der Waals surface area contributed by atoms with Crippen molar-refractivity contribution in [3.63, 3.8) is 0 Å². The van der Waals surface area contributed by atoms with Gasteiger partial charge in [0, 0.05) is 44.0 Å². The van der Waals surface area contributed by atoms with Gasteiger partial charge in [0.2, 0.25) is 65.0 Å². The first-order valence-corrected chi connectivity index (χ1v) is 35.4. The second kappa shape index (κ2) is 40.7. The van der Waals surface area contributed by atoms with Crippen LogP contribution in [0.3, 0.4) is 0 Å². The van der Waals surface area contributed by atoms with E-state index >= 15 is 0 Å². The lowest BCUT2D eigenvalue weighted by Gasteiger charge is -2.34. The zero-order valence-corrected chi connectivity index (χ0v) is 61.4. The molecule has 31 heteroatoms. The minimum atomic E-state index is -2.05. The van der Waals surface area contributed by atoms with Crippen LogP contribution in [0.4, 0.5) is 0 Å². The number of aliphatic hydroxyl groups is 2. The highest BCUT2D eigenvalue weighted by Crippen LogP contribution is 2.27. The Labute approximate surface area is 625 Å². The molecule has 0 aliphatic rings. The number of aliphatic hydroxyl groups excluding tert-OH is 2. The number of primary amides is 1. The predicted octanol–water partition coefficient (Wildman–Crippen LogP) is 0.880. The summed E-state index contributed by atoms with van der Waals surface area (Å²) >= 11 is 0. The molecule has 1 aromatic heterocycles. The number of carboxylic acid groups (broad SMARTS) is 2. The fraction of sp³-hybridized carbons (Fsp3) is 0.403. The van der Waals surface area contributed by atoms with Gasteiger partial charge >= 0.3 is 11.9 Å². The molecule has 0 bridgehead atoms. The van der Waals surface area contributed by atoms with E-state index in [2.05, 4.69) is 63.1 Å². The fourth-order valence-electron chi connectivity index (χ4n) is 11.7. The van der Waals surface area contributed by atoms with Crippen LogP contribution in [0.2, 0.25) is 0 Å². The molecule has 578 valence electrons. The van der Waals surface area contributed by atoms with Gasteiger partial charge in [-0.05, 0) is 104 Å². The summed E-state index contributed by atoms with van der Waals surface area (Å²) in [4.78, 5) is 184. The van der Waals surface area contributed by atoms with Crippen molar-refractivity contribution in [1.82, 2.24) is 63.1 Å². The zero-order valence-electron chi connectivity index (χ0n) is 61.4. The number of carbonyl (C=O) groups is 13. The van der Waals surface area contributed by atoms with Crippen LogP contribution in [-0.4, -0.2) is 186 Å². The predicted molar refractivity (Wildman–Crippen MR) is 398 cm³/mol. The van der Waals surface area contributed by atoms with E-state index in [0.29, 0.717) is 35.2 Å². The summed E-state index contributed by atoms with van der Waals surface area (Å²) in [6, 6.07) is 25.1. The summed E-state index contributed by atoms with van der Waals surface area (Å²) in [7, 11) is 0. The highest BCUT2D eigenvalue weighted by atomic mass is 16.4. The Bertz CT molecular complexity index is 4120. The molecule has 10 atom stereocenters. The number of amides is 11. The smallest absolute Gasteiger partial charge is 0.305 e. The summed E-state index contributed by atoms with van der Waals surface area (Å²) in [5.74, 6) is -14.3. The van der Waals surface area contributed by atoms with Crippen molar-refractivity contribution < 1.29 is 82.8 Å². The van der Waals surface area contributed by atoms with Gasteiger partial charge in [-0.3, -0.25) is 62.3 Å². The maximum absolute atomic E-state index is 14.8. The molecule has 0 fully saturated rings. The molecule has 0 saturated carbocycles. The molecule has 0 aliphatic heterocycles. The number of rotatable bonds is 42. The maximum Gasteiger partial charge on any atom is 0.305 e. The van der Waals surface area contributed by atoms with Crippen molar-refractivity contribution in [2.24, 2.45) is 11.5 Å². The number of aromatic amines is 1. The lowest BCUT2D eigenvalue weighted by atomic mass is 9.90. The second-order valence-corrected chi connectivity index (χ2v) is 27.2. The van der Waals surface area contributed by atoms with Gasteiger partial charge in [-0.2, -0.15) is 0 Å². The first-order valence-electron chi connectivity index (χ1n) is 35.4. The average molecular weight is 1490 g/mol. The third-order valence-electron chi connectivity index (χ3n) is 18.0. The summed E-state index contributed by atoms with van der Waals surface area (Å²) in [6.07, 6.45) is -0.149. The van der Waals surface area contributed by atoms with E-state index in [0.717, 1.165) is 46.7 Å². The van der Waals surface area contributed by atoms with E-state index in [1.807, 2.05) is 86.6 Å². The number of carbonyl (C=O) groups excluding carboxylic acids is 11. The van der Waals surface area contributed by atoms with Crippen LogP contribution in [0.1, 0.15) is 114 Å². The van der Waals surface area contributed by atoms with Crippen LogP contribution < -0.4 is 64.6 Å². The number of aryl methyl sites for hydroxylation is 2. The van der Waals surface area contributed by atoms with Crippen LogP contribution in [-0.2, 0) is 94.4 Å². The van der Waals surface area contributed by atoms with Gasteiger partial charge in [-0.15, -0.1) is 0 Å². The third kappa shape index (κ3) is 25.8. The Hall–Kier alpha value is -11.7. The Morgan fingerprint density at radius 3 is 1.68 bits per heavy atom. The molecule has 1 heterocycles. The normalized spacial score (nSPS) is 14.3. The van der Waals surface area contributed by atoms with E-state index < -0.39 is 175 Å². The molecule has 6 aromatic rings. The second-order valence-electron chi connectivity index (χ2n) is 27.2. The Morgan fingerprint density at radius 1 is 0.546 bits per heavy atom. The number of benzene rings is 5. The number of nitrogens with zero attached hydrogens (tertiary/aromatic N) is 1. The number of hydrogen-bond acceptors (Lipinski definition) is 17. The topological polar surface area (TPSA) is 504 Å². The lowest BCUT2D eigenvalue weighted by molar-refractivity contribution is -0.142. The summed E-state index contributed by atoms with van der Waals surface area (Å²) in [6.45, 7) is 8.78. The Morgan fingerprint density at radius 2 is 1.10 bits per heavy atom. The molecule has 0 unspecified atom stereocenters. The van der Waals surface area contributed by atoms with E-state index in [-0.39, 0.29) is 32.1 Å². The number of carboxylic acids is 2. The monoisotopic (exact) mass is 1490 g/mol. The van der Waals surface area contributed by atoms with Crippen LogP contribution in [0, 0.1) is 6.92 Å². The summed E-state index contributed by atoms with van der Waals surface area (Å²) in [5.41, 5.74) is 16.1. The minimum absolute atomic E-state index is 0.0316. The van der Waals surface area contributed by atoms with Gasteiger partial charge in [0.15, 0.2) is 0 Å². The number of hydrogen-bond donors (Lipinski definition) is 17. The molecule has 0 saturated heterocycles. The molecular formula is C77H98N14O17. The van der Waals surface area contributed by atoms with Gasteiger partial charge in [-0.1, -0.05) is 154 Å². The van der Waals surface area contributed by atoms with Gasteiger partial charge in [0.1, 0.15) is 53.4 Å². The molecular weight excluding hydrogens is 1390 g/mol.